The predicted octanol–water partition coefficient (Wildman–Crippen LogP) is 2.28. The highest BCUT2D eigenvalue weighted by Gasteiger charge is 2.13. The van der Waals surface area contributed by atoms with E-state index < -0.39 is 18.3 Å². The van der Waals surface area contributed by atoms with Crippen LogP contribution in [0.1, 0.15) is 23.0 Å². The van der Waals surface area contributed by atoms with Gasteiger partial charge in [-0.2, -0.15) is 0 Å². The summed E-state index contributed by atoms with van der Waals surface area (Å²) in [6, 6.07) is 5.61. The summed E-state index contributed by atoms with van der Waals surface area (Å²) in [5, 5.41) is 9.02. The number of aromatic hydroxyl groups is 1. The van der Waals surface area contributed by atoms with Crippen molar-refractivity contribution in [2.75, 3.05) is 0 Å². The molecule has 0 saturated heterocycles. The molecule has 0 radical (unpaired) electrons. The van der Waals surface area contributed by atoms with Gasteiger partial charge in [0, 0.05) is 2.74 Å². The molecule has 4 nitrogen and oxygen atoms in total. The van der Waals surface area contributed by atoms with Gasteiger partial charge in [-0.3, -0.25) is 9.78 Å². The van der Waals surface area contributed by atoms with E-state index in [0.29, 0.717) is 0 Å². The lowest BCUT2D eigenvalue weighted by Gasteiger charge is -2.07. The summed E-state index contributed by atoms with van der Waals surface area (Å²) in [5.74, 6) is -1.40. The van der Waals surface area contributed by atoms with E-state index in [-0.39, 0.29) is 11.5 Å². The normalized spacial score (nSPS) is 14.8. The van der Waals surface area contributed by atoms with Gasteiger partial charge in [0.25, 0.3) is 0 Å². The number of phenolic OH excluding ortho intramolecular Hbond substituents is 1. The van der Waals surface area contributed by atoms with Crippen molar-refractivity contribution in [1.82, 2.24) is 0 Å². The van der Waals surface area contributed by atoms with Crippen molar-refractivity contribution < 1.29 is 22.4 Å². The Morgan fingerprint density at radius 1 is 1.53 bits per heavy atom. The van der Waals surface area contributed by atoms with Crippen molar-refractivity contribution in [2.24, 2.45) is 5.92 Å². The van der Waals surface area contributed by atoms with Crippen LogP contribution in [0.5, 0.6) is 11.5 Å². The number of hydrogen-bond acceptors (Lipinski definition) is 4. The molecule has 0 fully saturated rings. The molecule has 1 atom stereocenters. The van der Waals surface area contributed by atoms with E-state index in [4.69, 9.17) is 12.7 Å². The SMILES string of the molecule is [2H]C([2H])(C)C(C)C(=O)OOc1ccc(O)cc1. The van der Waals surface area contributed by atoms with Crippen LogP contribution in [0.2, 0.25) is 0 Å². The summed E-state index contributed by atoms with van der Waals surface area (Å²) in [6.45, 7) is 2.71. The van der Waals surface area contributed by atoms with Gasteiger partial charge in [0.2, 0.25) is 0 Å². The molecule has 0 amide bonds. The lowest BCUT2D eigenvalue weighted by atomic mass is 10.1. The third-order valence-electron chi connectivity index (χ3n) is 1.84. The molecule has 0 aromatic heterocycles. The van der Waals surface area contributed by atoms with E-state index in [1.54, 1.807) is 0 Å². The van der Waals surface area contributed by atoms with Gasteiger partial charge in [-0.25, -0.2) is 4.79 Å². The van der Waals surface area contributed by atoms with Crippen LogP contribution in [-0.2, 0) is 9.68 Å². The summed E-state index contributed by atoms with van der Waals surface area (Å²) < 4.78 is 14.7. The predicted molar refractivity (Wildman–Crippen MR) is 54.3 cm³/mol. The molecular weight excluding hydrogens is 196 g/mol. The summed E-state index contributed by atoms with van der Waals surface area (Å²) >= 11 is 0. The molecule has 82 valence electrons. The maximum Gasteiger partial charge on any atom is 0.358 e. The van der Waals surface area contributed by atoms with Gasteiger partial charge >= 0.3 is 5.97 Å². The Morgan fingerprint density at radius 3 is 2.67 bits per heavy atom. The smallest absolute Gasteiger partial charge is 0.358 e. The minimum Gasteiger partial charge on any atom is -0.508 e. The largest absolute Gasteiger partial charge is 0.508 e. The van der Waals surface area contributed by atoms with Crippen molar-refractivity contribution in [2.45, 2.75) is 20.2 Å². The fraction of sp³-hybridized carbons (Fsp3) is 0.364. The molecule has 1 N–H and O–H groups in total. The van der Waals surface area contributed by atoms with Crippen molar-refractivity contribution in [3.8, 4) is 11.5 Å². The zero-order chi connectivity index (χ0) is 13.1. The highest BCUT2D eigenvalue weighted by molar-refractivity contribution is 5.71. The molecule has 0 bridgehead atoms. The molecule has 4 heteroatoms. The van der Waals surface area contributed by atoms with Crippen molar-refractivity contribution in [1.29, 1.82) is 0 Å². The maximum absolute atomic E-state index is 11.4. The summed E-state index contributed by atoms with van der Waals surface area (Å²) in [4.78, 5) is 20.6. The van der Waals surface area contributed by atoms with E-state index in [9.17, 15) is 4.79 Å². The van der Waals surface area contributed by atoms with E-state index in [1.807, 2.05) is 0 Å². The van der Waals surface area contributed by atoms with Gasteiger partial charge in [-0.15, -0.1) is 0 Å². The third kappa shape index (κ3) is 3.50. The minimum atomic E-state index is -1.67. The molecule has 1 rings (SSSR count). The molecular formula is C11H14O4. The minimum absolute atomic E-state index is 0.0712. The first kappa shape index (κ1) is 8.59. The van der Waals surface area contributed by atoms with E-state index in [1.165, 1.54) is 38.1 Å². The molecule has 0 heterocycles. The molecule has 0 aliphatic heterocycles. The molecule has 1 unspecified atom stereocenters. The summed E-state index contributed by atoms with van der Waals surface area (Å²) in [7, 11) is 0. The van der Waals surface area contributed by atoms with Crippen LogP contribution >= 0.6 is 0 Å². The zero-order valence-electron chi connectivity index (χ0n) is 10.6. The second-order valence-corrected chi connectivity index (χ2v) is 2.99. The van der Waals surface area contributed by atoms with Crippen LogP contribution in [-0.4, -0.2) is 11.1 Å². The average Bonchev–Trinajstić information content (AvgIpc) is 2.25. The molecule has 1 aromatic carbocycles. The Hall–Kier alpha value is -1.71. The Labute approximate surface area is 91.2 Å². The first-order valence-electron chi connectivity index (χ1n) is 5.48. The Bertz CT molecular complexity index is 383. The van der Waals surface area contributed by atoms with E-state index >= 15 is 0 Å². The standard InChI is InChI=1S/C11H14O4/c1-3-8(2)11(13)15-14-10-6-4-9(12)5-7-10/h4-8,12H,3H2,1-2H3/i3D2. The van der Waals surface area contributed by atoms with Gasteiger partial charge in [0.15, 0.2) is 5.75 Å². The Kier molecular flexibility index (Phi) is 3.00. The number of carbonyl (C=O) groups is 1. The van der Waals surface area contributed by atoms with Crippen molar-refractivity contribution in [3.63, 3.8) is 0 Å². The van der Waals surface area contributed by atoms with Crippen molar-refractivity contribution >= 4 is 5.97 Å². The summed E-state index contributed by atoms with van der Waals surface area (Å²) in [5.41, 5.74) is 0. The molecule has 15 heavy (non-hydrogen) atoms. The monoisotopic (exact) mass is 212 g/mol. The molecule has 0 aliphatic carbocycles. The lowest BCUT2D eigenvalue weighted by Crippen LogP contribution is -2.15. The first-order chi connectivity index (χ1) is 7.80. The van der Waals surface area contributed by atoms with Crippen LogP contribution in [0.4, 0.5) is 0 Å². The van der Waals surface area contributed by atoms with E-state index in [2.05, 4.69) is 4.89 Å². The first-order valence-corrected chi connectivity index (χ1v) is 4.48. The number of rotatable bonds is 4. The fourth-order valence-electron chi connectivity index (χ4n) is 0.781. The summed E-state index contributed by atoms with van der Waals surface area (Å²) in [6.07, 6.45) is -1.67. The number of carbonyl (C=O) groups excluding carboxylic acids is 1. The van der Waals surface area contributed by atoms with Gasteiger partial charge in [-0.1, -0.05) is 13.8 Å². The second-order valence-electron chi connectivity index (χ2n) is 2.99. The number of hydrogen-bond donors (Lipinski definition) is 1. The van der Waals surface area contributed by atoms with Gasteiger partial charge in [0.1, 0.15) is 5.75 Å². The average molecular weight is 212 g/mol. The number of phenols is 1. The highest BCUT2D eigenvalue weighted by Crippen LogP contribution is 2.16. The molecule has 0 aliphatic rings. The van der Waals surface area contributed by atoms with Crippen molar-refractivity contribution in [3.05, 3.63) is 24.3 Å². The topological polar surface area (TPSA) is 55.8 Å². The molecule has 1 aromatic rings. The van der Waals surface area contributed by atoms with Crippen LogP contribution < -0.4 is 4.89 Å². The molecule has 0 spiro atoms. The fourth-order valence-corrected chi connectivity index (χ4v) is 0.781. The Balaban J connectivity index is 2.51. The second kappa shape index (κ2) is 5.24. The van der Waals surface area contributed by atoms with E-state index in [0.717, 1.165) is 0 Å². The maximum atomic E-state index is 11.4. The van der Waals surface area contributed by atoms with Gasteiger partial charge in [0.05, 0.1) is 5.92 Å². The van der Waals surface area contributed by atoms with Gasteiger partial charge in [-0.05, 0) is 30.6 Å². The molecule has 0 saturated carbocycles. The quantitative estimate of drug-likeness (QED) is 0.614. The van der Waals surface area contributed by atoms with Crippen LogP contribution in [0, 0.1) is 5.92 Å². The van der Waals surface area contributed by atoms with Gasteiger partial charge < -0.3 is 5.11 Å². The number of benzene rings is 1. The third-order valence-corrected chi connectivity index (χ3v) is 1.84. The highest BCUT2D eigenvalue weighted by atomic mass is 17.2. The zero-order valence-corrected chi connectivity index (χ0v) is 8.56. The lowest BCUT2D eigenvalue weighted by molar-refractivity contribution is -0.218. The Morgan fingerprint density at radius 2 is 2.13 bits per heavy atom. The van der Waals surface area contributed by atoms with Crippen LogP contribution in [0.3, 0.4) is 0 Å². The van der Waals surface area contributed by atoms with Crippen LogP contribution in [0.25, 0.3) is 0 Å². The van der Waals surface area contributed by atoms with Crippen LogP contribution in [0.15, 0.2) is 24.3 Å².